The first-order valence-corrected chi connectivity index (χ1v) is 7.94. The summed E-state index contributed by atoms with van der Waals surface area (Å²) in [6.45, 7) is 5.75. The van der Waals surface area contributed by atoms with Gasteiger partial charge in [-0.15, -0.1) is 0 Å². The van der Waals surface area contributed by atoms with E-state index in [-0.39, 0.29) is 17.7 Å². The third-order valence-corrected chi connectivity index (χ3v) is 5.01. The number of fused-ring (bicyclic) bond motifs is 1. The lowest BCUT2D eigenvalue weighted by Crippen LogP contribution is -2.33. The van der Waals surface area contributed by atoms with Crippen molar-refractivity contribution in [2.24, 2.45) is 5.41 Å². The van der Waals surface area contributed by atoms with Crippen molar-refractivity contribution in [3.8, 4) is 0 Å². The fraction of sp³-hybridized carbons (Fsp3) is 0.444. The van der Waals surface area contributed by atoms with Crippen LogP contribution >= 0.6 is 0 Å². The Bertz CT molecular complexity index is 745. The van der Waals surface area contributed by atoms with E-state index < -0.39 is 17.8 Å². The van der Waals surface area contributed by atoms with Gasteiger partial charge in [-0.25, -0.2) is 18.4 Å². The van der Waals surface area contributed by atoms with Gasteiger partial charge in [-0.05, 0) is 18.4 Å². The molecule has 120 valence electrons. The van der Waals surface area contributed by atoms with Crippen molar-refractivity contribution in [1.82, 2.24) is 14.8 Å². The molecular weight excluding hydrogens is 296 g/mol. The molecule has 3 atom stereocenters. The number of hydrogen-bond donors (Lipinski definition) is 0. The first kappa shape index (κ1) is 14.5. The van der Waals surface area contributed by atoms with Gasteiger partial charge < -0.3 is 0 Å². The second-order valence-corrected chi connectivity index (χ2v) is 7.02. The minimum atomic E-state index is -1.28. The largest absolute Gasteiger partial charge is 0.239 e. The molecule has 5 heteroatoms. The Balaban J connectivity index is 1.67. The number of halogens is 2. The molecule has 1 aliphatic carbocycles. The lowest BCUT2D eigenvalue weighted by atomic mass is 9.64. The van der Waals surface area contributed by atoms with Crippen molar-refractivity contribution < 1.29 is 8.78 Å². The smallest absolute Gasteiger partial charge is 0.185 e. The Kier molecular flexibility index (Phi) is 3.15. The fourth-order valence-corrected chi connectivity index (χ4v) is 3.84. The van der Waals surface area contributed by atoms with E-state index in [1.165, 1.54) is 0 Å². The summed E-state index contributed by atoms with van der Waals surface area (Å²) in [6, 6.07) is 9.42. The van der Waals surface area contributed by atoms with Crippen molar-refractivity contribution in [2.75, 3.05) is 0 Å². The Hall–Kier alpha value is -2.04. The number of rotatable bonds is 3. The van der Waals surface area contributed by atoms with Crippen molar-refractivity contribution in [3.05, 3.63) is 59.7 Å². The van der Waals surface area contributed by atoms with E-state index in [0.29, 0.717) is 19.3 Å². The van der Waals surface area contributed by atoms with E-state index in [2.05, 4.69) is 16.7 Å². The van der Waals surface area contributed by atoms with Crippen molar-refractivity contribution in [2.45, 2.75) is 44.6 Å². The van der Waals surface area contributed by atoms with Gasteiger partial charge in [-0.1, -0.05) is 49.4 Å². The summed E-state index contributed by atoms with van der Waals surface area (Å²) in [5, 5.41) is 4.33. The number of nitrogens with zero attached hydrogens (tertiary/aromatic N) is 3. The van der Waals surface area contributed by atoms with Gasteiger partial charge in [0.05, 0.1) is 6.04 Å². The molecule has 0 N–H and O–H groups in total. The summed E-state index contributed by atoms with van der Waals surface area (Å²) in [6.07, 6.45) is -0.893. The standard InChI is InChI=1S/C18H19F2N3/c1-11-9-18(2,10-11)15(20)16-21-17-13(19)8-14(23(17)22-16)12-6-4-3-5-7-12/h3-7,13-15H,1,8-10H2,2H3/t13-,14-,15-/m0/s1. The zero-order chi connectivity index (χ0) is 16.2. The summed E-state index contributed by atoms with van der Waals surface area (Å²) >= 11 is 0. The molecule has 3 nitrogen and oxygen atoms in total. The highest BCUT2D eigenvalue weighted by atomic mass is 19.1. The zero-order valence-electron chi connectivity index (χ0n) is 13.0. The predicted molar refractivity (Wildman–Crippen MR) is 83.4 cm³/mol. The van der Waals surface area contributed by atoms with Crippen molar-refractivity contribution >= 4 is 0 Å². The Labute approximate surface area is 134 Å². The zero-order valence-corrected chi connectivity index (χ0v) is 13.0. The van der Waals surface area contributed by atoms with E-state index in [0.717, 1.165) is 11.1 Å². The maximum Gasteiger partial charge on any atom is 0.185 e. The van der Waals surface area contributed by atoms with Crippen LogP contribution in [-0.2, 0) is 0 Å². The molecule has 0 amide bonds. The normalized spacial score (nSPS) is 26.7. The van der Waals surface area contributed by atoms with Gasteiger partial charge in [0.15, 0.2) is 24.0 Å². The molecule has 1 aliphatic heterocycles. The molecule has 0 unspecified atom stereocenters. The highest BCUT2D eigenvalue weighted by Crippen LogP contribution is 2.54. The molecule has 1 aromatic heterocycles. The van der Waals surface area contributed by atoms with Crippen LogP contribution in [0.15, 0.2) is 42.5 Å². The molecule has 0 spiro atoms. The maximum absolute atomic E-state index is 14.8. The monoisotopic (exact) mass is 315 g/mol. The van der Waals surface area contributed by atoms with Gasteiger partial charge in [-0.2, -0.15) is 5.10 Å². The van der Waals surface area contributed by atoms with Crippen LogP contribution < -0.4 is 0 Å². The summed E-state index contributed by atoms with van der Waals surface area (Å²) in [7, 11) is 0. The van der Waals surface area contributed by atoms with Crippen LogP contribution in [-0.4, -0.2) is 14.8 Å². The quantitative estimate of drug-likeness (QED) is 0.772. The van der Waals surface area contributed by atoms with Gasteiger partial charge in [0, 0.05) is 11.8 Å². The third-order valence-electron chi connectivity index (χ3n) is 5.01. The molecule has 4 rings (SSSR count). The lowest BCUT2D eigenvalue weighted by Gasteiger charge is -2.41. The highest BCUT2D eigenvalue weighted by Gasteiger charge is 2.46. The van der Waals surface area contributed by atoms with Gasteiger partial charge in [0.2, 0.25) is 0 Å². The van der Waals surface area contributed by atoms with Crippen molar-refractivity contribution in [3.63, 3.8) is 0 Å². The van der Waals surface area contributed by atoms with Gasteiger partial charge >= 0.3 is 0 Å². The molecular formula is C18H19F2N3. The maximum atomic E-state index is 14.8. The van der Waals surface area contributed by atoms with Crippen LogP contribution in [0.2, 0.25) is 0 Å². The first-order valence-electron chi connectivity index (χ1n) is 7.94. The van der Waals surface area contributed by atoms with E-state index >= 15 is 0 Å². The summed E-state index contributed by atoms with van der Waals surface area (Å²) in [5.41, 5.74) is 1.52. The van der Waals surface area contributed by atoms with Crippen LogP contribution in [0.4, 0.5) is 8.78 Å². The number of hydrogen-bond acceptors (Lipinski definition) is 2. The average molecular weight is 315 g/mol. The molecule has 1 fully saturated rings. The SMILES string of the molecule is C=C1CC(C)([C@@H](F)c2nc3n(n2)[C@H](c2ccccc2)C[C@@H]3F)C1. The van der Waals surface area contributed by atoms with Gasteiger partial charge in [0.25, 0.3) is 0 Å². The first-order chi connectivity index (χ1) is 11.0. The summed E-state index contributed by atoms with van der Waals surface area (Å²) in [4.78, 5) is 4.19. The number of aromatic nitrogens is 3. The molecule has 0 bridgehead atoms. The molecule has 2 aromatic rings. The van der Waals surface area contributed by atoms with Crippen LogP contribution in [0.25, 0.3) is 0 Å². The second kappa shape index (κ2) is 4.98. The van der Waals surface area contributed by atoms with Crippen LogP contribution in [0.3, 0.4) is 0 Å². The van der Waals surface area contributed by atoms with E-state index in [1.54, 1.807) is 4.68 Å². The molecule has 0 radical (unpaired) electrons. The second-order valence-electron chi connectivity index (χ2n) is 7.02. The summed E-state index contributed by atoms with van der Waals surface area (Å²) in [5.74, 6) is 0.358. The number of allylic oxidation sites excluding steroid dienone is 1. The number of benzene rings is 1. The van der Waals surface area contributed by atoms with Crippen molar-refractivity contribution in [1.29, 1.82) is 0 Å². The molecule has 1 saturated carbocycles. The Morgan fingerprint density at radius 2 is 2.00 bits per heavy atom. The van der Waals surface area contributed by atoms with E-state index in [1.807, 2.05) is 37.3 Å². The van der Waals surface area contributed by atoms with Crippen LogP contribution in [0.1, 0.15) is 61.8 Å². The van der Waals surface area contributed by atoms with E-state index in [4.69, 9.17) is 0 Å². The molecule has 1 aromatic carbocycles. The van der Waals surface area contributed by atoms with E-state index in [9.17, 15) is 8.78 Å². The fourth-order valence-electron chi connectivity index (χ4n) is 3.84. The Morgan fingerprint density at radius 3 is 2.65 bits per heavy atom. The Morgan fingerprint density at radius 1 is 1.30 bits per heavy atom. The van der Waals surface area contributed by atoms with Gasteiger partial charge in [0.1, 0.15) is 0 Å². The minimum absolute atomic E-state index is 0.110. The molecule has 2 heterocycles. The lowest BCUT2D eigenvalue weighted by molar-refractivity contribution is 0.0742. The molecule has 23 heavy (non-hydrogen) atoms. The third kappa shape index (κ3) is 2.21. The average Bonchev–Trinajstić information content (AvgIpc) is 3.07. The van der Waals surface area contributed by atoms with Crippen LogP contribution in [0, 0.1) is 5.41 Å². The predicted octanol–water partition coefficient (Wildman–Crippen LogP) is 4.65. The molecule has 2 aliphatic rings. The minimum Gasteiger partial charge on any atom is -0.239 e. The van der Waals surface area contributed by atoms with Crippen LogP contribution in [0.5, 0.6) is 0 Å². The van der Waals surface area contributed by atoms with Gasteiger partial charge in [-0.3, -0.25) is 0 Å². The number of alkyl halides is 2. The molecule has 0 saturated heterocycles. The summed E-state index contributed by atoms with van der Waals surface area (Å²) < 4.78 is 30.7. The topological polar surface area (TPSA) is 30.7 Å². The highest BCUT2D eigenvalue weighted by molar-refractivity contribution is 5.25.